The van der Waals surface area contributed by atoms with E-state index in [1.54, 1.807) is 6.92 Å². The SMILES string of the molecule is CC1(C(=O)NCC(=O)O)COCC1NC(=O)OCC1c2ccccc2-c2ccccc21. The topological polar surface area (TPSA) is 114 Å². The Kier molecular flexibility index (Phi) is 5.65. The van der Waals surface area contributed by atoms with E-state index < -0.39 is 36.0 Å². The van der Waals surface area contributed by atoms with E-state index in [9.17, 15) is 14.4 Å². The molecule has 0 radical (unpaired) electrons. The molecule has 2 aromatic rings. The number of carboxylic acid groups (broad SMARTS) is 1. The zero-order valence-electron chi connectivity index (χ0n) is 17.1. The van der Waals surface area contributed by atoms with Gasteiger partial charge in [0.15, 0.2) is 0 Å². The highest BCUT2D eigenvalue weighted by Gasteiger charge is 2.47. The fourth-order valence-corrected chi connectivity index (χ4v) is 4.24. The Hall–Kier alpha value is -3.39. The van der Waals surface area contributed by atoms with Crippen LogP contribution in [0.2, 0.25) is 0 Å². The Morgan fingerprint density at radius 2 is 1.71 bits per heavy atom. The van der Waals surface area contributed by atoms with Crippen molar-refractivity contribution in [1.29, 1.82) is 0 Å². The highest BCUT2D eigenvalue weighted by molar-refractivity contribution is 5.87. The van der Waals surface area contributed by atoms with Crippen LogP contribution >= 0.6 is 0 Å². The lowest BCUT2D eigenvalue weighted by atomic mass is 9.84. The molecule has 0 aromatic heterocycles. The van der Waals surface area contributed by atoms with Crippen molar-refractivity contribution < 1.29 is 29.0 Å². The smallest absolute Gasteiger partial charge is 0.407 e. The number of rotatable bonds is 6. The number of aliphatic carboxylic acids is 1. The van der Waals surface area contributed by atoms with E-state index in [1.165, 1.54) is 0 Å². The summed E-state index contributed by atoms with van der Waals surface area (Å²) in [6.45, 7) is 1.51. The van der Waals surface area contributed by atoms with E-state index in [-0.39, 0.29) is 25.7 Å². The highest BCUT2D eigenvalue weighted by Crippen LogP contribution is 2.44. The fourth-order valence-electron chi connectivity index (χ4n) is 4.24. The van der Waals surface area contributed by atoms with Gasteiger partial charge in [-0.3, -0.25) is 9.59 Å². The first-order valence-electron chi connectivity index (χ1n) is 10.1. The number of fused-ring (bicyclic) bond motifs is 3. The number of hydrogen-bond acceptors (Lipinski definition) is 5. The Bertz CT molecular complexity index is 977. The normalized spacial score (nSPS) is 21.8. The van der Waals surface area contributed by atoms with Gasteiger partial charge in [-0.2, -0.15) is 0 Å². The molecule has 1 aliphatic carbocycles. The molecule has 8 nitrogen and oxygen atoms in total. The first kappa shape index (κ1) is 20.9. The molecule has 8 heteroatoms. The summed E-state index contributed by atoms with van der Waals surface area (Å²) in [7, 11) is 0. The number of amides is 2. The van der Waals surface area contributed by atoms with Gasteiger partial charge in [0, 0.05) is 5.92 Å². The first-order chi connectivity index (χ1) is 14.9. The molecule has 2 amide bonds. The predicted molar refractivity (Wildman–Crippen MR) is 112 cm³/mol. The van der Waals surface area contributed by atoms with E-state index in [0.29, 0.717) is 0 Å². The monoisotopic (exact) mass is 424 g/mol. The van der Waals surface area contributed by atoms with Crippen molar-refractivity contribution in [3.05, 3.63) is 59.7 Å². The molecule has 0 saturated carbocycles. The summed E-state index contributed by atoms with van der Waals surface area (Å²) in [6.07, 6.45) is -0.644. The number of benzene rings is 2. The van der Waals surface area contributed by atoms with Gasteiger partial charge in [-0.1, -0.05) is 48.5 Å². The minimum Gasteiger partial charge on any atom is -0.480 e. The van der Waals surface area contributed by atoms with Crippen molar-refractivity contribution in [3.8, 4) is 11.1 Å². The van der Waals surface area contributed by atoms with E-state index in [0.717, 1.165) is 22.3 Å². The van der Waals surface area contributed by atoms with Crippen LogP contribution in [0.4, 0.5) is 4.79 Å². The standard InChI is InChI=1S/C23H24N2O6/c1-23(21(28)24-10-20(26)27)13-30-12-19(23)25-22(29)31-11-18-16-8-4-2-6-14(16)15-7-3-5-9-17(15)18/h2-9,18-19H,10-13H2,1H3,(H,24,28)(H,25,29)(H,26,27). The van der Waals surface area contributed by atoms with Crippen LogP contribution in [0.5, 0.6) is 0 Å². The van der Waals surface area contributed by atoms with Gasteiger partial charge in [0.05, 0.1) is 24.7 Å². The van der Waals surface area contributed by atoms with Crippen LogP contribution in [0.15, 0.2) is 48.5 Å². The summed E-state index contributed by atoms with van der Waals surface area (Å²) in [6, 6.07) is 15.5. The number of carboxylic acids is 1. The predicted octanol–water partition coefficient (Wildman–Crippen LogP) is 2.13. The van der Waals surface area contributed by atoms with Crippen LogP contribution in [0.3, 0.4) is 0 Å². The van der Waals surface area contributed by atoms with Crippen molar-refractivity contribution in [1.82, 2.24) is 10.6 Å². The van der Waals surface area contributed by atoms with Crippen LogP contribution in [0.25, 0.3) is 11.1 Å². The maximum atomic E-state index is 12.5. The largest absolute Gasteiger partial charge is 0.480 e. The second-order valence-electron chi connectivity index (χ2n) is 8.03. The summed E-state index contributed by atoms with van der Waals surface area (Å²) in [5.41, 5.74) is 3.41. The van der Waals surface area contributed by atoms with Gasteiger partial charge in [-0.05, 0) is 29.2 Å². The molecule has 162 valence electrons. The summed E-state index contributed by atoms with van der Waals surface area (Å²) in [5, 5.41) is 13.8. The lowest BCUT2D eigenvalue weighted by molar-refractivity contribution is -0.140. The van der Waals surface area contributed by atoms with E-state index in [1.807, 2.05) is 36.4 Å². The zero-order chi connectivity index (χ0) is 22.0. The van der Waals surface area contributed by atoms with E-state index >= 15 is 0 Å². The molecular weight excluding hydrogens is 400 g/mol. The van der Waals surface area contributed by atoms with E-state index in [4.69, 9.17) is 14.6 Å². The summed E-state index contributed by atoms with van der Waals surface area (Å²) >= 11 is 0. The molecule has 4 rings (SSSR count). The zero-order valence-corrected chi connectivity index (χ0v) is 17.1. The second-order valence-corrected chi connectivity index (χ2v) is 8.03. The van der Waals surface area contributed by atoms with Gasteiger partial charge >= 0.3 is 12.1 Å². The second kappa shape index (κ2) is 8.39. The minimum absolute atomic E-state index is 0.0665. The molecule has 2 aromatic carbocycles. The number of ether oxygens (including phenoxy) is 2. The quantitative estimate of drug-likeness (QED) is 0.655. The molecule has 2 atom stereocenters. The maximum Gasteiger partial charge on any atom is 0.407 e. The van der Waals surface area contributed by atoms with Crippen LogP contribution in [-0.2, 0) is 19.1 Å². The number of carbonyl (C=O) groups excluding carboxylic acids is 2. The Morgan fingerprint density at radius 3 is 2.32 bits per heavy atom. The molecule has 1 heterocycles. The molecule has 1 aliphatic heterocycles. The highest BCUT2D eigenvalue weighted by atomic mass is 16.5. The summed E-state index contributed by atoms with van der Waals surface area (Å²) in [5.74, 6) is -1.70. The van der Waals surface area contributed by atoms with Crippen molar-refractivity contribution in [2.45, 2.75) is 18.9 Å². The molecule has 2 aliphatic rings. The molecule has 0 spiro atoms. The van der Waals surface area contributed by atoms with Crippen LogP contribution < -0.4 is 10.6 Å². The third-order valence-electron chi connectivity index (χ3n) is 6.01. The average Bonchev–Trinajstić information content (AvgIpc) is 3.29. The maximum absolute atomic E-state index is 12.5. The molecule has 1 fully saturated rings. The van der Waals surface area contributed by atoms with Gasteiger partial charge in [-0.25, -0.2) is 4.79 Å². The molecular formula is C23H24N2O6. The van der Waals surface area contributed by atoms with Crippen molar-refractivity contribution in [3.63, 3.8) is 0 Å². The van der Waals surface area contributed by atoms with Crippen molar-refractivity contribution in [2.75, 3.05) is 26.4 Å². The van der Waals surface area contributed by atoms with Gasteiger partial charge in [0.1, 0.15) is 13.2 Å². The lowest BCUT2D eigenvalue weighted by Crippen LogP contribution is -2.54. The number of alkyl carbamates (subject to hydrolysis) is 1. The Morgan fingerprint density at radius 1 is 1.10 bits per heavy atom. The molecule has 31 heavy (non-hydrogen) atoms. The van der Waals surface area contributed by atoms with Gasteiger partial charge in [-0.15, -0.1) is 0 Å². The molecule has 3 N–H and O–H groups in total. The number of hydrogen-bond donors (Lipinski definition) is 3. The third-order valence-corrected chi connectivity index (χ3v) is 6.01. The van der Waals surface area contributed by atoms with Crippen LogP contribution in [-0.4, -0.2) is 55.5 Å². The number of carbonyl (C=O) groups is 3. The number of nitrogens with one attached hydrogen (secondary N) is 2. The van der Waals surface area contributed by atoms with Gasteiger partial charge in [0.25, 0.3) is 0 Å². The van der Waals surface area contributed by atoms with Crippen LogP contribution in [0, 0.1) is 5.41 Å². The average molecular weight is 424 g/mol. The Labute approximate surface area is 179 Å². The van der Waals surface area contributed by atoms with Gasteiger partial charge < -0.3 is 25.2 Å². The molecule has 0 bridgehead atoms. The minimum atomic E-state index is -1.14. The molecule has 2 unspecified atom stereocenters. The third kappa shape index (κ3) is 3.98. The fraction of sp³-hybridized carbons (Fsp3) is 0.348. The Balaban J connectivity index is 1.41. The lowest BCUT2D eigenvalue weighted by Gasteiger charge is -2.28. The molecule has 1 saturated heterocycles. The first-order valence-corrected chi connectivity index (χ1v) is 10.1. The van der Waals surface area contributed by atoms with E-state index in [2.05, 4.69) is 22.8 Å². The summed E-state index contributed by atoms with van der Waals surface area (Å²) < 4.78 is 10.9. The van der Waals surface area contributed by atoms with Gasteiger partial charge in [0.2, 0.25) is 5.91 Å². The van der Waals surface area contributed by atoms with Crippen molar-refractivity contribution >= 4 is 18.0 Å². The van der Waals surface area contributed by atoms with Crippen LogP contribution in [0.1, 0.15) is 24.0 Å². The van der Waals surface area contributed by atoms with Crippen molar-refractivity contribution in [2.24, 2.45) is 5.41 Å². The summed E-state index contributed by atoms with van der Waals surface area (Å²) in [4.78, 5) is 35.7.